The maximum absolute atomic E-state index is 10.1. The minimum Gasteiger partial charge on any atom is -0.300 e. The smallest absolute Gasteiger partial charge is 0.133 e. The number of carbonyl (C=O) groups excluding carboxylic acids is 1. The highest BCUT2D eigenvalue weighted by Gasteiger charge is 1.82. The van der Waals surface area contributed by atoms with Gasteiger partial charge in [-0.15, -0.1) is 0 Å². The van der Waals surface area contributed by atoms with E-state index in [4.69, 9.17) is 0 Å². The van der Waals surface area contributed by atoms with Gasteiger partial charge in [-0.05, 0) is 11.9 Å². The molecule has 0 saturated heterocycles. The third-order valence-corrected chi connectivity index (χ3v) is 0.868. The zero-order chi connectivity index (χ0) is 5.70. The zero-order valence-corrected chi connectivity index (χ0v) is 5.73. The Labute approximate surface area is 51.5 Å². The highest BCUT2D eigenvalue weighted by atomic mass is 79.9. The average molecular weight is 163 g/mol. The molecule has 0 aromatic heterocycles. The van der Waals surface area contributed by atoms with E-state index in [1.54, 1.807) is 18.0 Å². The summed E-state index contributed by atoms with van der Waals surface area (Å²) in [6.07, 6.45) is 2.30. The number of hydrogen-bond donors (Lipinski definition) is 0. The maximum atomic E-state index is 10.1. The lowest BCUT2D eigenvalue weighted by atomic mass is 10.3. The molecule has 0 aromatic carbocycles. The van der Waals surface area contributed by atoms with Crippen molar-refractivity contribution in [3.63, 3.8) is 0 Å². The molecule has 0 amide bonds. The predicted octanol–water partition coefficient (Wildman–Crippen LogP) is 1.87. The molecule has 0 aliphatic heterocycles. The van der Waals surface area contributed by atoms with E-state index in [0.29, 0.717) is 6.42 Å². The molecule has 0 rings (SSSR count). The van der Waals surface area contributed by atoms with Crippen molar-refractivity contribution >= 4 is 21.7 Å². The largest absolute Gasteiger partial charge is 0.300 e. The minimum absolute atomic E-state index is 0.190. The van der Waals surface area contributed by atoms with E-state index in [2.05, 4.69) is 15.9 Å². The first-order valence-corrected chi connectivity index (χ1v) is 2.93. The van der Waals surface area contributed by atoms with Crippen LogP contribution in [-0.2, 0) is 4.79 Å². The van der Waals surface area contributed by atoms with Crippen LogP contribution >= 0.6 is 15.9 Å². The van der Waals surface area contributed by atoms with Gasteiger partial charge in [-0.3, -0.25) is 4.79 Å². The number of allylic oxidation sites excluding steroid dienone is 1. The van der Waals surface area contributed by atoms with Gasteiger partial charge in [0.05, 0.1) is 0 Å². The van der Waals surface area contributed by atoms with Crippen LogP contribution in [0, 0.1) is 0 Å². The Morgan fingerprint density at radius 1 is 1.86 bits per heavy atom. The lowest BCUT2D eigenvalue weighted by molar-refractivity contribution is -0.116. The van der Waals surface area contributed by atoms with Gasteiger partial charge in [0, 0.05) is 6.42 Å². The number of carbonyl (C=O) groups is 1. The monoisotopic (exact) mass is 162 g/mol. The molecular weight excluding hydrogens is 156 g/mol. The van der Waals surface area contributed by atoms with Crippen LogP contribution < -0.4 is 0 Å². The van der Waals surface area contributed by atoms with Crippen molar-refractivity contribution in [2.24, 2.45) is 0 Å². The van der Waals surface area contributed by atoms with Crippen LogP contribution in [0.2, 0.25) is 0 Å². The number of Topliss-reactive ketones (excluding diaryl/α,β-unsaturated/α-hetero) is 1. The van der Waals surface area contributed by atoms with Gasteiger partial charge in [-0.1, -0.05) is 22.0 Å². The molecule has 40 valence electrons. The molecule has 1 nitrogen and oxygen atoms in total. The summed E-state index contributed by atoms with van der Waals surface area (Å²) in [6, 6.07) is 0. The molecule has 0 spiro atoms. The second-order valence-electron chi connectivity index (χ2n) is 1.27. The van der Waals surface area contributed by atoms with E-state index in [0.717, 1.165) is 0 Å². The van der Waals surface area contributed by atoms with Crippen LogP contribution in [-0.4, -0.2) is 5.78 Å². The first kappa shape index (κ1) is 6.89. The molecule has 0 heterocycles. The molecule has 0 atom stereocenters. The van der Waals surface area contributed by atoms with E-state index >= 15 is 0 Å². The van der Waals surface area contributed by atoms with Gasteiger partial charge in [0.25, 0.3) is 0 Å². The van der Waals surface area contributed by atoms with Crippen molar-refractivity contribution in [1.29, 1.82) is 0 Å². The molecule has 0 aliphatic rings. The minimum atomic E-state index is 0.190. The van der Waals surface area contributed by atoms with Crippen molar-refractivity contribution in [3.8, 4) is 0 Å². The fourth-order valence-corrected chi connectivity index (χ4v) is 0.397. The summed E-state index contributed by atoms with van der Waals surface area (Å²) in [6.45, 7) is 1.56. The molecule has 0 radical (unpaired) electrons. The summed E-state index contributed by atoms with van der Waals surface area (Å²) in [5, 5.41) is 0. The molecule has 0 bridgehead atoms. The van der Waals surface area contributed by atoms with Gasteiger partial charge in [-0.25, -0.2) is 0 Å². The van der Waals surface area contributed by atoms with E-state index in [9.17, 15) is 4.79 Å². The van der Waals surface area contributed by atoms with Gasteiger partial charge in [0.15, 0.2) is 0 Å². The fourth-order valence-electron chi connectivity index (χ4n) is 0.211. The van der Waals surface area contributed by atoms with Crippen LogP contribution in [0.25, 0.3) is 0 Å². The number of ketones is 1. The predicted molar refractivity (Wildman–Crippen MR) is 33.4 cm³/mol. The van der Waals surface area contributed by atoms with Gasteiger partial charge < -0.3 is 0 Å². The Morgan fingerprint density at radius 2 is 2.43 bits per heavy atom. The number of halogens is 1. The van der Waals surface area contributed by atoms with Crippen LogP contribution in [0.5, 0.6) is 0 Å². The molecule has 0 aromatic rings. The second kappa shape index (κ2) is 4.06. The van der Waals surface area contributed by atoms with Crippen molar-refractivity contribution in [2.45, 2.75) is 13.3 Å². The van der Waals surface area contributed by atoms with E-state index in [1.807, 2.05) is 0 Å². The van der Waals surface area contributed by atoms with E-state index < -0.39 is 0 Å². The van der Waals surface area contributed by atoms with Gasteiger partial charge in [0.1, 0.15) is 5.78 Å². The normalized spacial score (nSPS) is 10.0. The van der Waals surface area contributed by atoms with Gasteiger partial charge >= 0.3 is 0 Å². The van der Waals surface area contributed by atoms with Crippen molar-refractivity contribution < 1.29 is 4.79 Å². The molecule has 0 N–H and O–H groups in total. The lowest BCUT2D eigenvalue weighted by Crippen LogP contribution is -1.82. The quantitative estimate of drug-likeness (QED) is 0.607. The summed E-state index contributed by atoms with van der Waals surface area (Å²) in [5.74, 6) is 0.190. The van der Waals surface area contributed by atoms with Crippen molar-refractivity contribution in [3.05, 3.63) is 11.1 Å². The van der Waals surface area contributed by atoms with Crippen LogP contribution in [0.3, 0.4) is 0 Å². The summed E-state index contributed by atoms with van der Waals surface area (Å²) in [5.41, 5.74) is 0. The van der Waals surface area contributed by atoms with Crippen LogP contribution in [0.4, 0.5) is 0 Å². The third-order valence-electron chi connectivity index (χ3n) is 0.494. The molecule has 0 fully saturated rings. The Kier molecular flexibility index (Phi) is 4.00. The molecule has 0 aliphatic carbocycles. The standard InChI is InChI=1S/C5H7BrO/c1-5(7)3-2-4-6/h2,4H,3H2,1H3/b4-2+. The molecular formula is C5H7BrO. The molecule has 7 heavy (non-hydrogen) atoms. The third kappa shape index (κ3) is 5.89. The fraction of sp³-hybridized carbons (Fsp3) is 0.400. The summed E-state index contributed by atoms with van der Waals surface area (Å²) in [4.78, 5) is 11.8. The van der Waals surface area contributed by atoms with Gasteiger partial charge in [-0.2, -0.15) is 0 Å². The maximum Gasteiger partial charge on any atom is 0.133 e. The Balaban J connectivity index is 3.14. The van der Waals surface area contributed by atoms with Crippen LogP contribution in [0.15, 0.2) is 11.1 Å². The summed E-state index contributed by atoms with van der Waals surface area (Å²) in [7, 11) is 0. The van der Waals surface area contributed by atoms with E-state index in [-0.39, 0.29) is 5.78 Å². The number of hydrogen-bond acceptors (Lipinski definition) is 1. The zero-order valence-electron chi connectivity index (χ0n) is 4.15. The number of rotatable bonds is 2. The first-order valence-electron chi connectivity index (χ1n) is 2.02. The Morgan fingerprint density at radius 3 is 2.57 bits per heavy atom. The lowest BCUT2D eigenvalue weighted by Gasteiger charge is -1.77. The molecule has 0 saturated carbocycles. The Bertz CT molecular complexity index is 86.1. The average Bonchev–Trinajstić information content (AvgIpc) is 1.61. The summed E-state index contributed by atoms with van der Waals surface area (Å²) < 4.78 is 0. The molecule has 2 heteroatoms. The molecule has 0 unspecified atom stereocenters. The highest BCUT2D eigenvalue weighted by molar-refractivity contribution is 9.11. The van der Waals surface area contributed by atoms with Crippen LogP contribution in [0.1, 0.15) is 13.3 Å². The highest BCUT2D eigenvalue weighted by Crippen LogP contribution is 1.87. The van der Waals surface area contributed by atoms with Gasteiger partial charge in [0.2, 0.25) is 0 Å². The first-order chi connectivity index (χ1) is 3.27. The SMILES string of the molecule is CC(=O)C/C=C/Br. The Hall–Kier alpha value is -0.110. The second-order valence-corrected chi connectivity index (χ2v) is 1.80. The summed E-state index contributed by atoms with van der Waals surface area (Å²) >= 11 is 3.05. The van der Waals surface area contributed by atoms with Crippen molar-refractivity contribution in [2.75, 3.05) is 0 Å². The topological polar surface area (TPSA) is 17.1 Å². The van der Waals surface area contributed by atoms with E-state index in [1.165, 1.54) is 0 Å². The van der Waals surface area contributed by atoms with Crippen molar-refractivity contribution in [1.82, 2.24) is 0 Å².